The molecule has 4 rings (SSSR count). The molecule has 1 N–H and O–H groups in total. The third-order valence-corrected chi connectivity index (χ3v) is 4.93. The summed E-state index contributed by atoms with van der Waals surface area (Å²) in [5, 5.41) is 7.08. The van der Waals surface area contributed by atoms with Crippen LogP contribution >= 0.6 is 0 Å². The second-order valence-corrected chi connectivity index (χ2v) is 6.29. The van der Waals surface area contributed by atoms with Gasteiger partial charge in [0.05, 0.1) is 6.54 Å². The lowest BCUT2D eigenvalue weighted by atomic mass is 9.86. The van der Waals surface area contributed by atoms with Crippen molar-refractivity contribution < 1.29 is 9.32 Å². The zero-order valence-corrected chi connectivity index (χ0v) is 13.0. The van der Waals surface area contributed by atoms with Crippen LogP contribution in [0.1, 0.15) is 31.6 Å². The molecule has 2 aliphatic rings. The van der Waals surface area contributed by atoms with E-state index in [4.69, 9.17) is 4.52 Å². The molecule has 6 heteroatoms. The average molecular weight is 312 g/mol. The zero-order chi connectivity index (χ0) is 15.7. The third kappa shape index (κ3) is 2.53. The largest absolute Gasteiger partial charge is 0.354 e. The molecule has 6 nitrogen and oxygen atoms in total. The van der Waals surface area contributed by atoms with Crippen molar-refractivity contribution in [1.29, 1.82) is 0 Å². The number of benzene rings is 1. The number of nitrogens with zero attached hydrogens (tertiary/aromatic N) is 3. The van der Waals surface area contributed by atoms with Gasteiger partial charge in [-0.3, -0.25) is 9.69 Å². The molecule has 2 fully saturated rings. The monoisotopic (exact) mass is 312 g/mol. The second-order valence-electron chi connectivity index (χ2n) is 6.29. The Kier molecular flexibility index (Phi) is 3.61. The van der Waals surface area contributed by atoms with Gasteiger partial charge in [0.1, 0.15) is 5.54 Å². The van der Waals surface area contributed by atoms with Gasteiger partial charge in [0, 0.05) is 12.1 Å². The quantitative estimate of drug-likeness (QED) is 0.938. The molecule has 1 spiro atoms. The van der Waals surface area contributed by atoms with Crippen LogP contribution in [0.15, 0.2) is 34.9 Å². The first-order valence-corrected chi connectivity index (χ1v) is 8.19. The SMILES string of the molecule is O=C1NCCCC12CCCN2Cc1nc(-c2ccccc2)no1. The molecule has 120 valence electrons. The average Bonchev–Trinajstić information content (AvgIpc) is 3.20. The van der Waals surface area contributed by atoms with Crippen LogP contribution in [0.3, 0.4) is 0 Å². The number of hydrogen-bond donors (Lipinski definition) is 1. The Hall–Kier alpha value is -2.21. The minimum absolute atomic E-state index is 0.157. The summed E-state index contributed by atoms with van der Waals surface area (Å²) in [4.78, 5) is 19.1. The predicted octanol–water partition coefficient (Wildman–Crippen LogP) is 1.98. The van der Waals surface area contributed by atoms with E-state index in [0.717, 1.165) is 44.3 Å². The molecule has 1 aromatic heterocycles. The summed E-state index contributed by atoms with van der Waals surface area (Å²) < 4.78 is 5.42. The first-order chi connectivity index (χ1) is 11.3. The van der Waals surface area contributed by atoms with Gasteiger partial charge in [-0.2, -0.15) is 4.98 Å². The molecule has 2 aromatic rings. The molecular formula is C17H20N4O2. The molecule has 1 aromatic carbocycles. The van der Waals surface area contributed by atoms with E-state index in [1.54, 1.807) is 0 Å². The first kappa shape index (κ1) is 14.4. The van der Waals surface area contributed by atoms with Gasteiger partial charge in [0.2, 0.25) is 17.6 Å². The van der Waals surface area contributed by atoms with Crippen LogP contribution in [0.4, 0.5) is 0 Å². The van der Waals surface area contributed by atoms with E-state index < -0.39 is 0 Å². The van der Waals surface area contributed by atoms with Crippen LogP contribution in [0.2, 0.25) is 0 Å². The molecule has 2 aliphatic heterocycles. The van der Waals surface area contributed by atoms with Crippen molar-refractivity contribution in [3.05, 3.63) is 36.2 Å². The van der Waals surface area contributed by atoms with E-state index in [1.165, 1.54) is 0 Å². The maximum absolute atomic E-state index is 12.4. The number of aromatic nitrogens is 2. The van der Waals surface area contributed by atoms with Gasteiger partial charge < -0.3 is 9.84 Å². The Morgan fingerprint density at radius 1 is 1.22 bits per heavy atom. The Labute approximate surface area is 134 Å². The van der Waals surface area contributed by atoms with Gasteiger partial charge in [0.15, 0.2) is 0 Å². The maximum Gasteiger partial charge on any atom is 0.241 e. The van der Waals surface area contributed by atoms with Crippen molar-refractivity contribution >= 4 is 5.91 Å². The summed E-state index contributed by atoms with van der Waals surface area (Å²) >= 11 is 0. The minimum atomic E-state index is -0.375. The smallest absolute Gasteiger partial charge is 0.241 e. The molecule has 23 heavy (non-hydrogen) atoms. The number of carbonyl (C=O) groups excluding carboxylic acids is 1. The van der Waals surface area contributed by atoms with Crippen molar-refractivity contribution in [3.8, 4) is 11.4 Å². The van der Waals surface area contributed by atoms with E-state index in [9.17, 15) is 4.79 Å². The van der Waals surface area contributed by atoms with Crippen molar-refractivity contribution in [2.75, 3.05) is 13.1 Å². The number of hydrogen-bond acceptors (Lipinski definition) is 5. The highest BCUT2D eigenvalue weighted by Crippen LogP contribution is 2.36. The lowest BCUT2D eigenvalue weighted by Gasteiger charge is -2.39. The fraction of sp³-hybridized carbons (Fsp3) is 0.471. The van der Waals surface area contributed by atoms with Crippen molar-refractivity contribution in [1.82, 2.24) is 20.4 Å². The Morgan fingerprint density at radius 2 is 2.04 bits per heavy atom. The molecule has 1 unspecified atom stereocenters. The van der Waals surface area contributed by atoms with Crippen LogP contribution < -0.4 is 5.32 Å². The van der Waals surface area contributed by atoms with Crippen LogP contribution in [0, 0.1) is 0 Å². The number of piperidine rings is 1. The van der Waals surface area contributed by atoms with Gasteiger partial charge >= 0.3 is 0 Å². The fourth-order valence-corrected chi connectivity index (χ4v) is 3.75. The number of nitrogens with one attached hydrogen (secondary N) is 1. The van der Waals surface area contributed by atoms with Crippen molar-refractivity contribution in [3.63, 3.8) is 0 Å². The Balaban J connectivity index is 1.54. The van der Waals surface area contributed by atoms with Crippen LogP contribution in [-0.4, -0.2) is 39.6 Å². The van der Waals surface area contributed by atoms with Crippen molar-refractivity contribution in [2.45, 2.75) is 37.8 Å². The summed E-state index contributed by atoms with van der Waals surface area (Å²) in [5.41, 5.74) is 0.564. The maximum atomic E-state index is 12.4. The van der Waals surface area contributed by atoms with Gasteiger partial charge in [0.25, 0.3) is 0 Å². The van der Waals surface area contributed by atoms with Gasteiger partial charge in [-0.25, -0.2) is 0 Å². The lowest BCUT2D eigenvalue weighted by molar-refractivity contribution is -0.135. The van der Waals surface area contributed by atoms with Crippen molar-refractivity contribution in [2.24, 2.45) is 0 Å². The zero-order valence-electron chi connectivity index (χ0n) is 13.0. The summed E-state index contributed by atoms with van der Waals surface area (Å²) in [7, 11) is 0. The van der Waals surface area contributed by atoms with Gasteiger partial charge in [-0.05, 0) is 32.2 Å². The lowest BCUT2D eigenvalue weighted by Crippen LogP contribution is -2.58. The predicted molar refractivity (Wildman–Crippen MR) is 84.4 cm³/mol. The van der Waals surface area contributed by atoms with E-state index >= 15 is 0 Å². The third-order valence-electron chi connectivity index (χ3n) is 4.93. The molecule has 0 saturated carbocycles. The number of likely N-dealkylation sites (tertiary alicyclic amines) is 1. The molecule has 0 aliphatic carbocycles. The van der Waals surface area contributed by atoms with Crippen LogP contribution in [0.5, 0.6) is 0 Å². The normalized spacial score (nSPS) is 25.0. The number of rotatable bonds is 3. The standard InChI is InChI=1S/C17H20N4O2/c22-16-17(8-4-10-18-16)9-5-11-21(17)12-14-19-15(20-23-14)13-6-2-1-3-7-13/h1-3,6-7H,4-5,8-12H2,(H,18,22). The molecule has 1 amide bonds. The van der Waals surface area contributed by atoms with E-state index in [-0.39, 0.29) is 11.4 Å². The minimum Gasteiger partial charge on any atom is -0.354 e. The van der Waals surface area contributed by atoms with Gasteiger partial charge in [-0.1, -0.05) is 35.5 Å². The van der Waals surface area contributed by atoms with Crippen LogP contribution in [0.25, 0.3) is 11.4 Å². The highest BCUT2D eigenvalue weighted by Gasteiger charge is 2.48. The fourth-order valence-electron chi connectivity index (χ4n) is 3.75. The molecular weight excluding hydrogens is 292 g/mol. The summed E-state index contributed by atoms with van der Waals surface area (Å²) in [6.07, 6.45) is 3.89. The highest BCUT2D eigenvalue weighted by atomic mass is 16.5. The molecule has 1 atom stereocenters. The molecule has 2 saturated heterocycles. The molecule has 0 bridgehead atoms. The Bertz CT molecular complexity index is 700. The van der Waals surface area contributed by atoms with E-state index in [1.807, 2.05) is 30.3 Å². The summed E-state index contributed by atoms with van der Waals surface area (Å²) in [6.45, 7) is 2.22. The van der Waals surface area contributed by atoms with E-state index in [0.29, 0.717) is 18.3 Å². The van der Waals surface area contributed by atoms with Gasteiger partial charge in [-0.15, -0.1) is 0 Å². The summed E-state index contributed by atoms with van der Waals surface area (Å²) in [5.74, 6) is 1.33. The van der Waals surface area contributed by atoms with E-state index in [2.05, 4.69) is 20.4 Å². The molecule has 3 heterocycles. The number of amides is 1. The first-order valence-electron chi connectivity index (χ1n) is 8.19. The Morgan fingerprint density at radius 3 is 2.87 bits per heavy atom. The summed E-state index contributed by atoms with van der Waals surface area (Å²) in [6, 6.07) is 9.78. The second kappa shape index (κ2) is 5.77. The number of carbonyl (C=O) groups is 1. The highest BCUT2D eigenvalue weighted by molar-refractivity contribution is 5.87. The van der Waals surface area contributed by atoms with Crippen LogP contribution in [-0.2, 0) is 11.3 Å². The topological polar surface area (TPSA) is 71.3 Å². The molecule has 0 radical (unpaired) electrons.